The first-order valence-corrected chi connectivity index (χ1v) is 9.88. The van der Waals surface area contributed by atoms with Gasteiger partial charge in [-0.2, -0.15) is 5.10 Å². The molecule has 2 aromatic carbocycles. The number of carbonyl (C=O) groups excluding carboxylic acids is 2. The summed E-state index contributed by atoms with van der Waals surface area (Å²) in [6.45, 7) is 2.06. The second kappa shape index (κ2) is 6.88. The number of fused-ring (bicyclic) bond motifs is 2. The zero-order valence-corrected chi connectivity index (χ0v) is 16.3. The molecule has 146 valence electrons. The summed E-state index contributed by atoms with van der Waals surface area (Å²) in [5.41, 5.74) is 4.99. The molecule has 0 saturated heterocycles. The molecule has 3 heterocycles. The Morgan fingerprint density at radius 2 is 1.69 bits per heavy atom. The molecule has 0 unspecified atom stereocenters. The number of anilines is 1. The number of hydrogen-bond donors (Lipinski definition) is 0. The van der Waals surface area contributed by atoms with Crippen LogP contribution in [0.15, 0.2) is 54.6 Å². The number of rotatable bonds is 3. The first kappa shape index (κ1) is 17.7. The molecule has 2 aliphatic heterocycles. The van der Waals surface area contributed by atoms with E-state index in [-0.39, 0.29) is 18.2 Å². The van der Waals surface area contributed by atoms with Gasteiger partial charge in [0.05, 0.1) is 18.7 Å². The third-order valence-electron chi connectivity index (χ3n) is 5.86. The van der Waals surface area contributed by atoms with E-state index in [0.717, 1.165) is 30.8 Å². The van der Waals surface area contributed by atoms with Crippen LogP contribution in [0.3, 0.4) is 0 Å². The summed E-state index contributed by atoms with van der Waals surface area (Å²) in [5, 5.41) is 4.85. The van der Waals surface area contributed by atoms with Gasteiger partial charge in [-0.1, -0.05) is 54.6 Å². The lowest BCUT2D eigenvalue weighted by Crippen LogP contribution is -2.41. The molecule has 0 atom stereocenters. The van der Waals surface area contributed by atoms with Gasteiger partial charge in [-0.3, -0.25) is 19.2 Å². The Bertz CT molecular complexity index is 1100. The number of carbonyl (C=O) groups is 2. The molecule has 2 amide bonds. The van der Waals surface area contributed by atoms with E-state index in [1.807, 2.05) is 41.1 Å². The van der Waals surface area contributed by atoms with Crippen molar-refractivity contribution in [1.82, 2.24) is 14.7 Å². The Kier molecular flexibility index (Phi) is 4.19. The fourth-order valence-electron chi connectivity index (χ4n) is 4.21. The molecule has 0 radical (unpaired) electrons. The molecular formula is C23H22N4O2. The molecule has 0 fully saturated rings. The van der Waals surface area contributed by atoms with Gasteiger partial charge in [0, 0.05) is 20.1 Å². The van der Waals surface area contributed by atoms with Crippen molar-refractivity contribution in [1.29, 1.82) is 0 Å². The topological polar surface area (TPSA) is 58.4 Å². The second-order valence-electron chi connectivity index (χ2n) is 7.66. The standard InChI is InChI=1S/C23H22N4O2/c1-25-20(28)13-19-21(23(25)29)22(24-27(19)14-16-7-3-2-4-8-16)26-12-11-17-9-5-6-10-18(17)15-26/h2-10H,11-15H2,1H3. The summed E-state index contributed by atoms with van der Waals surface area (Å²) in [6, 6.07) is 18.4. The average Bonchev–Trinajstić information content (AvgIpc) is 3.10. The highest BCUT2D eigenvalue weighted by Crippen LogP contribution is 2.32. The van der Waals surface area contributed by atoms with Crippen LogP contribution in [0.2, 0.25) is 0 Å². The highest BCUT2D eigenvalue weighted by Gasteiger charge is 2.37. The van der Waals surface area contributed by atoms with Gasteiger partial charge < -0.3 is 4.90 Å². The van der Waals surface area contributed by atoms with Crippen LogP contribution in [-0.4, -0.2) is 40.1 Å². The van der Waals surface area contributed by atoms with E-state index in [1.54, 1.807) is 7.05 Å². The Morgan fingerprint density at radius 1 is 0.966 bits per heavy atom. The van der Waals surface area contributed by atoms with Crippen LogP contribution in [0.4, 0.5) is 5.82 Å². The zero-order valence-electron chi connectivity index (χ0n) is 16.3. The highest BCUT2D eigenvalue weighted by molar-refractivity contribution is 6.11. The quantitative estimate of drug-likeness (QED) is 0.650. The lowest BCUT2D eigenvalue weighted by Gasteiger charge is -2.30. The van der Waals surface area contributed by atoms with Crippen molar-refractivity contribution < 1.29 is 9.59 Å². The van der Waals surface area contributed by atoms with Crippen LogP contribution in [0.5, 0.6) is 0 Å². The van der Waals surface area contributed by atoms with Crippen molar-refractivity contribution in [2.45, 2.75) is 25.9 Å². The van der Waals surface area contributed by atoms with E-state index >= 15 is 0 Å². The minimum Gasteiger partial charge on any atom is -0.350 e. The number of amides is 2. The van der Waals surface area contributed by atoms with Crippen molar-refractivity contribution in [2.75, 3.05) is 18.5 Å². The van der Waals surface area contributed by atoms with Gasteiger partial charge in [0.15, 0.2) is 5.82 Å². The van der Waals surface area contributed by atoms with Gasteiger partial charge in [-0.15, -0.1) is 0 Å². The third-order valence-corrected chi connectivity index (χ3v) is 5.86. The maximum atomic E-state index is 13.0. The molecule has 6 nitrogen and oxygen atoms in total. The van der Waals surface area contributed by atoms with Gasteiger partial charge in [-0.25, -0.2) is 0 Å². The van der Waals surface area contributed by atoms with E-state index in [0.29, 0.717) is 17.9 Å². The van der Waals surface area contributed by atoms with Crippen molar-refractivity contribution in [3.63, 3.8) is 0 Å². The van der Waals surface area contributed by atoms with E-state index in [4.69, 9.17) is 5.10 Å². The number of imide groups is 1. The first-order chi connectivity index (χ1) is 14.1. The van der Waals surface area contributed by atoms with Crippen molar-refractivity contribution in [3.05, 3.63) is 82.5 Å². The first-order valence-electron chi connectivity index (χ1n) is 9.88. The van der Waals surface area contributed by atoms with Crippen molar-refractivity contribution in [2.24, 2.45) is 0 Å². The lowest BCUT2D eigenvalue weighted by atomic mass is 9.99. The molecule has 2 aliphatic rings. The van der Waals surface area contributed by atoms with Gasteiger partial charge in [0.25, 0.3) is 5.91 Å². The van der Waals surface area contributed by atoms with Crippen LogP contribution in [0.25, 0.3) is 0 Å². The van der Waals surface area contributed by atoms with Gasteiger partial charge >= 0.3 is 0 Å². The molecule has 6 heteroatoms. The Balaban J connectivity index is 1.58. The Labute approximate surface area is 169 Å². The van der Waals surface area contributed by atoms with E-state index < -0.39 is 0 Å². The van der Waals surface area contributed by atoms with Gasteiger partial charge in [-0.05, 0) is 23.1 Å². The summed E-state index contributed by atoms with van der Waals surface area (Å²) in [4.78, 5) is 28.8. The van der Waals surface area contributed by atoms with Crippen LogP contribution in [0, 0.1) is 0 Å². The molecule has 0 N–H and O–H groups in total. The van der Waals surface area contributed by atoms with Crippen LogP contribution in [-0.2, 0) is 30.7 Å². The molecule has 3 aromatic rings. The zero-order chi connectivity index (χ0) is 20.0. The molecule has 0 aliphatic carbocycles. The average molecular weight is 386 g/mol. The van der Waals surface area contributed by atoms with E-state index in [9.17, 15) is 9.59 Å². The maximum absolute atomic E-state index is 13.0. The van der Waals surface area contributed by atoms with E-state index in [1.165, 1.54) is 16.0 Å². The van der Waals surface area contributed by atoms with Gasteiger partial charge in [0.2, 0.25) is 5.91 Å². The Morgan fingerprint density at radius 3 is 2.48 bits per heavy atom. The summed E-state index contributed by atoms with van der Waals surface area (Å²) in [5.74, 6) is 0.242. The summed E-state index contributed by atoms with van der Waals surface area (Å²) in [6.07, 6.45) is 1.11. The number of nitrogens with zero attached hydrogens (tertiary/aromatic N) is 4. The lowest BCUT2D eigenvalue weighted by molar-refractivity contribution is -0.127. The second-order valence-corrected chi connectivity index (χ2v) is 7.66. The fourth-order valence-corrected chi connectivity index (χ4v) is 4.21. The summed E-state index contributed by atoms with van der Waals surface area (Å²) in [7, 11) is 1.55. The smallest absolute Gasteiger partial charge is 0.265 e. The van der Waals surface area contributed by atoms with Gasteiger partial charge in [0.1, 0.15) is 5.56 Å². The highest BCUT2D eigenvalue weighted by atomic mass is 16.2. The SMILES string of the molecule is CN1C(=O)Cc2c(c(N3CCc4ccccc4C3)nn2Cc2ccccc2)C1=O. The minimum absolute atomic E-state index is 0.188. The Hall–Kier alpha value is -3.41. The predicted octanol–water partition coefficient (Wildman–Crippen LogP) is 2.65. The third kappa shape index (κ3) is 3.01. The molecule has 1 aromatic heterocycles. The monoisotopic (exact) mass is 386 g/mol. The largest absolute Gasteiger partial charge is 0.350 e. The van der Waals surface area contributed by atoms with Crippen molar-refractivity contribution >= 4 is 17.6 Å². The van der Waals surface area contributed by atoms with Crippen LogP contribution >= 0.6 is 0 Å². The molecular weight excluding hydrogens is 364 g/mol. The molecule has 0 spiro atoms. The van der Waals surface area contributed by atoms with E-state index in [2.05, 4.69) is 23.1 Å². The minimum atomic E-state index is -0.260. The molecule has 29 heavy (non-hydrogen) atoms. The van der Waals surface area contributed by atoms with Crippen LogP contribution < -0.4 is 4.90 Å². The number of likely N-dealkylation sites (N-methyl/N-ethyl adjacent to an activating group) is 1. The molecule has 5 rings (SSSR count). The molecule has 0 bridgehead atoms. The summed E-state index contributed by atoms with van der Waals surface area (Å²) < 4.78 is 1.84. The maximum Gasteiger partial charge on any atom is 0.265 e. The molecule has 0 saturated carbocycles. The number of hydrogen-bond acceptors (Lipinski definition) is 4. The van der Waals surface area contributed by atoms with Crippen molar-refractivity contribution in [3.8, 4) is 0 Å². The normalized spacial score (nSPS) is 16.0. The predicted molar refractivity (Wildman–Crippen MR) is 110 cm³/mol. The fraction of sp³-hybridized carbons (Fsp3) is 0.261. The number of benzene rings is 2. The summed E-state index contributed by atoms with van der Waals surface area (Å²) >= 11 is 0. The van der Waals surface area contributed by atoms with Crippen LogP contribution in [0.1, 0.15) is 32.7 Å². The number of aromatic nitrogens is 2.